The highest BCUT2D eigenvalue weighted by Crippen LogP contribution is 2.34. The van der Waals surface area contributed by atoms with Crippen LogP contribution in [0.15, 0.2) is 30.3 Å². The van der Waals surface area contributed by atoms with Gasteiger partial charge in [0.15, 0.2) is 6.29 Å². The van der Waals surface area contributed by atoms with Crippen LogP contribution in [0.1, 0.15) is 19.4 Å². The van der Waals surface area contributed by atoms with Gasteiger partial charge in [0.2, 0.25) is 0 Å². The number of methoxy groups -OCH3 is 1. The van der Waals surface area contributed by atoms with Gasteiger partial charge in [-0.1, -0.05) is 44.2 Å². The van der Waals surface area contributed by atoms with Crippen molar-refractivity contribution in [3.63, 3.8) is 0 Å². The largest absolute Gasteiger partial charge is 0.394 e. The van der Waals surface area contributed by atoms with Gasteiger partial charge in [0.05, 0.1) is 19.3 Å². The van der Waals surface area contributed by atoms with Gasteiger partial charge in [0.1, 0.15) is 12.2 Å². The molecule has 1 aliphatic rings. The standard InChI is InChI=1S/C17H26O5/c1-11-12(2)16(21-10-13-7-5-4-6-8-13)17(20-3)22-15(11)14(19)9-18/h4-8,11-12,14-19H,9-10H2,1-3H3/t11-,12-,14?,15?,16?,17-/m0/s1. The van der Waals surface area contributed by atoms with Crippen molar-refractivity contribution >= 4 is 0 Å². The summed E-state index contributed by atoms with van der Waals surface area (Å²) in [7, 11) is 1.56. The molecule has 0 aromatic heterocycles. The maximum atomic E-state index is 9.91. The molecule has 22 heavy (non-hydrogen) atoms. The first kappa shape index (κ1) is 17.4. The zero-order chi connectivity index (χ0) is 16.1. The van der Waals surface area contributed by atoms with Crippen LogP contribution < -0.4 is 0 Å². The lowest BCUT2D eigenvalue weighted by atomic mass is 9.81. The van der Waals surface area contributed by atoms with E-state index in [9.17, 15) is 5.11 Å². The molecule has 1 aliphatic heterocycles. The zero-order valence-corrected chi connectivity index (χ0v) is 13.4. The fourth-order valence-corrected chi connectivity index (χ4v) is 2.93. The number of rotatable bonds is 6. The fourth-order valence-electron chi connectivity index (χ4n) is 2.93. The monoisotopic (exact) mass is 310 g/mol. The van der Waals surface area contributed by atoms with Crippen molar-refractivity contribution in [2.24, 2.45) is 11.8 Å². The van der Waals surface area contributed by atoms with Gasteiger partial charge in [-0.25, -0.2) is 0 Å². The number of hydrogen-bond acceptors (Lipinski definition) is 5. The molecule has 6 atom stereocenters. The Kier molecular flexibility index (Phi) is 6.35. The van der Waals surface area contributed by atoms with Gasteiger partial charge in [-0.15, -0.1) is 0 Å². The summed E-state index contributed by atoms with van der Waals surface area (Å²) in [6.45, 7) is 4.22. The van der Waals surface area contributed by atoms with E-state index >= 15 is 0 Å². The summed E-state index contributed by atoms with van der Waals surface area (Å²) < 4.78 is 17.2. The third-order valence-corrected chi connectivity index (χ3v) is 4.51. The van der Waals surface area contributed by atoms with Crippen LogP contribution in [0, 0.1) is 11.8 Å². The lowest BCUT2D eigenvalue weighted by Gasteiger charge is -2.45. The van der Waals surface area contributed by atoms with E-state index in [4.69, 9.17) is 19.3 Å². The van der Waals surface area contributed by atoms with Crippen LogP contribution in [0.3, 0.4) is 0 Å². The molecule has 0 saturated carbocycles. The molecule has 2 N–H and O–H groups in total. The molecule has 3 unspecified atom stereocenters. The van der Waals surface area contributed by atoms with E-state index in [0.717, 1.165) is 5.56 Å². The van der Waals surface area contributed by atoms with Crippen LogP contribution in [-0.2, 0) is 20.8 Å². The highest BCUT2D eigenvalue weighted by atomic mass is 16.7. The minimum Gasteiger partial charge on any atom is -0.394 e. The average molecular weight is 310 g/mol. The lowest BCUT2D eigenvalue weighted by molar-refractivity contribution is -0.290. The van der Waals surface area contributed by atoms with E-state index in [2.05, 4.69) is 6.92 Å². The van der Waals surface area contributed by atoms with Crippen LogP contribution in [0.4, 0.5) is 0 Å². The molecular formula is C17H26O5. The number of ether oxygens (including phenoxy) is 3. The number of hydrogen-bond donors (Lipinski definition) is 2. The Hall–Kier alpha value is -0.980. The van der Waals surface area contributed by atoms with Gasteiger partial charge in [-0.3, -0.25) is 0 Å². The van der Waals surface area contributed by atoms with Crippen molar-refractivity contribution < 1.29 is 24.4 Å². The van der Waals surface area contributed by atoms with Crippen LogP contribution >= 0.6 is 0 Å². The SMILES string of the molecule is CO[C@H]1OC(C(O)CO)[C@@H](C)[C@H](C)C1OCc1ccccc1. The Morgan fingerprint density at radius 2 is 1.86 bits per heavy atom. The summed E-state index contributed by atoms with van der Waals surface area (Å²) >= 11 is 0. The molecule has 0 aliphatic carbocycles. The second kappa shape index (κ2) is 8.04. The van der Waals surface area contributed by atoms with Crippen LogP contribution in [-0.4, -0.2) is 48.5 Å². The maximum Gasteiger partial charge on any atom is 0.184 e. The first-order valence-corrected chi connectivity index (χ1v) is 7.71. The van der Waals surface area contributed by atoms with Crippen molar-refractivity contribution in [2.45, 2.75) is 45.1 Å². The van der Waals surface area contributed by atoms with E-state index in [1.165, 1.54) is 0 Å². The van der Waals surface area contributed by atoms with E-state index < -0.39 is 18.5 Å². The summed E-state index contributed by atoms with van der Waals surface area (Å²) in [5.41, 5.74) is 1.09. The predicted octanol–water partition coefficient (Wildman–Crippen LogP) is 1.57. The second-order valence-corrected chi connectivity index (χ2v) is 5.93. The summed E-state index contributed by atoms with van der Waals surface area (Å²) in [5.74, 6) is 0.183. The molecule has 5 nitrogen and oxygen atoms in total. The van der Waals surface area contributed by atoms with Gasteiger partial charge in [-0.05, 0) is 17.4 Å². The Labute approximate surface area is 131 Å². The Balaban J connectivity index is 2.04. The molecule has 0 radical (unpaired) electrons. The van der Waals surface area contributed by atoms with Gasteiger partial charge in [0, 0.05) is 7.11 Å². The van der Waals surface area contributed by atoms with Crippen molar-refractivity contribution in [3.05, 3.63) is 35.9 Å². The summed E-state index contributed by atoms with van der Waals surface area (Å²) in [5, 5.41) is 19.1. The lowest BCUT2D eigenvalue weighted by Crippen LogP contribution is -2.55. The second-order valence-electron chi connectivity index (χ2n) is 5.93. The topological polar surface area (TPSA) is 68.2 Å². The van der Waals surface area contributed by atoms with Gasteiger partial charge >= 0.3 is 0 Å². The Morgan fingerprint density at radius 3 is 2.45 bits per heavy atom. The third kappa shape index (κ3) is 3.86. The zero-order valence-electron chi connectivity index (χ0n) is 13.4. The normalized spacial score (nSPS) is 33.6. The van der Waals surface area contributed by atoms with E-state index in [1.807, 2.05) is 37.3 Å². The van der Waals surface area contributed by atoms with E-state index in [-0.39, 0.29) is 24.5 Å². The Bertz CT molecular complexity index is 436. The first-order valence-electron chi connectivity index (χ1n) is 7.71. The predicted molar refractivity (Wildman–Crippen MR) is 82.1 cm³/mol. The molecule has 1 aromatic rings. The number of aliphatic hydroxyl groups is 2. The highest BCUT2D eigenvalue weighted by Gasteiger charge is 2.44. The van der Waals surface area contributed by atoms with Crippen molar-refractivity contribution in [1.82, 2.24) is 0 Å². The van der Waals surface area contributed by atoms with Crippen molar-refractivity contribution in [3.8, 4) is 0 Å². The van der Waals surface area contributed by atoms with Crippen molar-refractivity contribution in [1.29, 1.82) is 0 Å². The van der Waals surface area contributed by atoms with Crippen LogP contribution in [0.25, 0.3) is 0 Å². The summed E-state index contributed by atoms with van der Waals surface area (Å²) in [6.07, 6.45) is -2.14. The minimum absolute atomic E-state index is 0.0503. The molecule has 2 rings (SSSR count). The fraction of sp³-hybridized carbons (Fsp3) is 0.647. The molecule has 0 bridgehead atoms. The number of aliphatic hydroxyl groups excluding tert-OH is 2. The van der Waals surface area contributed by atoms with Crippen LogP contribution in [0.2, 0.25) is 0 Å². The maximum absolute atomic E-state index is 9.91. The molecule has 0 spiro atoms. The smallest absolute Gasteiger partial charge is 0.184 e. The summed E-state index contributed by atoms with van der Waals surface area (Å²) in [6, 6.07) is 9.94. The molecule has 0 amide bonds. The quantitative estimate of drug-likeness (QED) is 0.835. The molecular weight excluding hydrogens is 284 g/mol. The molecule has 1 saturated heterocycles. The average Bonchev–Trinajstić information content (AvgIpc) is 2.56. The molecule has 1 fully saturated rings. The Morgan fingerprint density at radius 1 is 1.18 bits per heavy atom. The highest BCUT2D eigenvalue weighted by molar-refractivity contribution is 5.13. The van der Waals surface area contributed by atoms with E-state index in [0.29, 0.717) is 6.61 Å². The summed E-state index contributed by atoms with van der Waals surface area (Å²) in [4.78, 5) is 0. The number of benzene rings is 1. The van der Waals surface area contributed by atoms with Crippen molar-refractivity contribution in [2.75, 3.05) is 13.7 Å². The van der Waals surface area contributed by atoms with Gasteiger partial charge in [0.25, 0.3) is 0 Å². The first-order chi connectivity index (χ1) is 10.6. The third-order valence-electron chi connectivity index (χ3n) is 4.51. The van der Waals surface area contributed by atoms with Crippen LogP contribution in [0.5, 0.6) is 0 Å². The molecule has 5 heteroatoms. The minimum atomic E-state index is -0.912. The van der Waals surface area contributed by atoms with E-state index in [1.54, 1.807) is 7.11 Å². The van der Waals surface area contributed by atoms with Gasteiger partial charge < -0.3 is 24.4 Å². The van der Waals surface area contributed by atoms with Gasteiger partial charge in [-0.2, -0.15) is 0 Å². The molecule has 1 aromatic carbocycles. The molecule has 124 valence electrons. The molecule has 1 heterocycles.